The number of carbonyl (C=O) groups excluding carboxylic acids is 2. The van der Waals surface area contributed by atoms with Crippen LogP contribution in [0.5, 0.6) is 11.5 Å². The molecule has 0 aliphatic carbocycles. The van der Waals surface area contributed by atoms with Crippen LogP contribution >= 0.6 is 35.0 Å². The van der Waals surface area contributed by atoms with Gasteiger partial charge in [-0.05, 0) is 70.1 Å². The van der Waals surface area contributed by atoms with Gasteiger partial charge in [0.1, 0.15) is 6.61 Å². The van der Waals surface area contributed by atoms with Crippen LogP contribution in [0.15, 0.2) is 83.8 Å². The summed E-state index contributed by atoms with van der Waals surface area (Å²) in [7, 11) is 1.54. The number of ether oxygens (including phenoxy) is 2. The topological polar surface area (TPSA) is 55.8 Å². The first-order chi connectivity index (χ1) is 17.9. The Kier molecular flexibility index (Phi) is 7.42. The number of hydrogen-bond donors (Lipinski definition) is 0. The van der Waals surface area contributed by atoms with Crippen molar-refractivity contribution in [1.29, 1.82) is 0 Å². The molecule has 5 nitrogen and oxygen atoms in total. The Hall–Kier alpha value is -3.45. The van der Waals surface area contributed by atoms with Gasteiger partial charge in [-0.2, -0.15) is 0 Å². The fraction of sp³-hybridized carbons (Fsp3) is 0.103. The molecule has 4 aromatic carbocycles. The molecule has 0 N–H and O–H groups in total. The Morgan fingerprint density at radius 3 is 2.49 bits per heavy atom. The number of rotatable bonds is 7. The van der Waals surface area contributed by atoms with Crippen LogP contribution in [-0.4, -0.2) is 23.2 Å². The van der Waals surface area contributed by atoms with Crippen LogP contribution in [-0.2, 0) is 17.9 Å². The molecule has 5 rings (SSSR count). The number of fused-ring (bicyclic) bond motifs is 1. The summed E-state index contributed by atoms with van der Waals surface area (Å²) in [5.41, 5.74) is 2.40. The fourth-order valence-electron chi connectivity index (χ4n) is 3.99. The molecule has 4 aromatic rings. The molecule has 0 radical (unpaired) electrons. The number of nitrogens with zero attached hydrogens (tertiary/aromatic N) is 1. The number of methoxy groups -OCH3 is 1. The molecule has 1 heterocycles. The smallest absolute Gasteiger partial charge is 0.293 e. The zero-order chi connectivity index (χ0) is 25.9. The van der Waals surface area contributed by atoms with E-state index in [-0.39, 0.29) is 24.3 Å². The van der Waals surface area contributed by atoms with E-state index in [1.165, 1.54) is 4.90 Å². The third-order valence-electron chi connectivity index (χ3n) is 5.91. The average molecular weight is 550 g/mol. The molecule has 2 amide bonds. The van der Waals surface area contributed by atoms with Crippen LogP contribution in [0.3, 0.4) is 0 Å². The summed E-state index contributed by atoms with van der Waals surface area (Å²) >= 11 is 13.1. The number of hydrogen-bond acceptors (Lipinski definition) is 5. The van der Waals surface area contributed by atoms with E-state index >= 15 is 0 Å². The van der Waals surface area contributed by atoms with E-state index in [0.29, 0.717) is 32.0 Å². The molecule has 0 saturated carbocycles. The molecule has 1 fully saturated rings. The van der Waals surface area contributed by atoms with Gasteiger partial charge >= 0.3 is 0 Å². The molecule has 37 heavy (non-hydrogen) atoms. The number of benzene rings is 4. The largest absolute Gasteiger partial charge is 0.493 e. The fourth-order valence-corrected chi connectivity index (χ4v) is 5.30. The Balaban J connectivity index is 1.31. The number of thioether (sulfide) groups is 1. The summed E-state index contributed by atoms with van der Waals surface area (Å²) in [5.74, 6) is 0.698. The lowest BCUT2D eigenvalue weighted by Gasteiger charge is -2.13. The standard InChI is InChI=1S/C29H21Cl2NO4S/c1-35-26-13-18(7-11-25(26)36-17-22-9-10-23(30)15-24(22)31)14-27-28(33)32(29(34)37-27)16-19-6-8-20-4-2-3-5-21(20)12-19/h2-15H,16-17H2,1H3/b27-14-. The highest BCUT2D eigenvalue weighted by atomic mass is 35.5. The summed E-state index contributed by atoms with van der Waals surface area (Å²) in [6.45, 7) is 0.454. The maximum Gasteiger partial charge on any atom is 0.293 e. The number of imide groups is 1. The van der Waals surface area contributed by atoms with Gasteiger partial charge < -0.3 is 9.47 Å². The maximum absolute atomic E-state index is 13.1. The first-order valence-electron chi connectivity index (χ1n) is 11.4. The van der Waals surface area contributed by atoms with Gasteiger partial charge in [0.2, 0.25) is 0 Å². The lowest BCUT2D eigenvalue weighted by atomic mass is 10.1. The normalized spacial score (nSPS) is 14.6. The zero-order valence-electron chi connectivity index (χ0n) is 19.7. The molecule has 1 saturated heterocycles. The molecule has 0 spiro atoms. The molecule has 1 aliphatic rings. The van der Waals surface area contributed by atoms with Crippen LogP contribution in [0, 0.1) is 0 Å². The van der Waals surface area contributed by atoms with Crippen molar-refractivity contribution in [2.45, 2.75) is 13.2 Å². The molecule has 0 unspecified atom stereocenters. The van der Waals surface area contributed by atoms with Crippen molar-refractivity contribution in [1.82, 2.24) is 4.90 Å². The first kappa shape index (κ1) is 25.2. The van der Waals surface area contributed by atoms with Crippen molar-refractivity contribution in [2.75, 3.05) is 7.11 Å². The average Bonchev–Trinajstić information content (AvgIpc) is 3.15. The van der Waals surface area contributed by atoms with Gasteiger partial charge in [-0.15, -0.1) is 0 Å². The van der Waals surface area contributed by atoms with Crippen molar-refractivity contribution < 1.29 is 19.1 Å². The lowest BCUT2D eigenvalue weighted by molar-refractivity contribution is -0.123. The Labute approximate surface area is 228 Å². The highest BCUT2D eigenvalue weighted by Gasteiger charge is 2.35. The zero-order valence-corrected chi connectivity index (χ0v) is 22.1. The van der Waals surface area contributed by atoms with E-state index in [9.17, 15) is 9.59 Å². The first-order valence-corrected chi connectivity index (χ1v) is 13.0. The minimum absolute atomic E-state index is 0.218. The third kappa shape index (κ3) is 5.62. The second kappa shape index (κ2) is 10.9. The molecule has 186 valence electrons. The van der Waals surface area contributed by atoms with Gasteiger partial charge in [-0.25, -0.2) is 0 Å². The van der Waals surface area contributed by atoms with Crippen LogP contribution in [0.1, 0.15) is 16.7 Å². The molecular formula is C29H21Cl2NO4S. The minimum Gasteiger partial charge on any atom is -0.493 e. The molecule has 0 atom stereocenters. The molecular weight excluding hydrogens is 529 g/mol. The Morgan fingerprint density at radius 2 is 1.70 bits per heavy atom. The third-order valence-corrected chi connectivity index (χ3v) is 7.41. The maximum atomic E-state index is 13.1. The van der Waals surface area contributed by atoms with E-state index in [0.717, 1.165) is 33.7 Å². The van der Waals surface area contributed by atoms with Gasteiger partial charge in [-0.1, -0.05) is 71.7 Å². The van der Waals surface area contributed by atoms with E-state index in [1.54, 1.807) is 49.6 Å². The SMILES string of the molecule is COc1cc(/C=C2\SC(=O)N(Cc3ccc4ccccc4c3)C2=O)ccc1OCc1ccc(Cl)cc1Cl. The highest BCUT2D eigenvalue weighted by Crippen LogP contribution is 2.36. The van der Waals surface area contributed by atoms with Crippen molar-refractivity contribution in [3.05, 3.63) is 111 Å². The minimum atomic E-state index is -0.320. The molecule has 1 aliphatic heterocycles. The van der Waals surface area contributed by atoms with Gasteiger partial charge in [0.05, 0.1) is 18.6 Å². The van der Waals surface area contributed by atoms with Gasteiger partial charge in [0, 0.05) is 15.6 Å². The van der Waals surface area contributed by atoms with Crippen LogP contribution < -0.4 is 9.47 Å². The van der Waals surface area contributed by atoms with Crippen molar-refractivity contribution in [3.8, 4) is 11.5 Å². The summed E-state index contributed by atoms with van der Waals surface area (Å²) in [5, 5.41) is 2.95. The predicted octanol–water partition coefficient (Wildman–Crippen LogP) is 7.97. The van der Waals surface area contributed by atoms with Crippen LogP contribution in [0.4, 0.5) is 4.79 Å². The highest BCUT2D eigenvalue weighted by molar-refractivity contribution is 8.18. The second-order valence-electron chi connectivity index (χ2n) is 8.38. The number of carbonyl (C=O) groups is 2. The Morgan fingerprint density at radius 1 is 0.892 bits per heavy atom. The van der Waals surface area contributed by atoms with Crippen molar-refractivity contribution in [3.63, 3.8) is 0 Å². The summed E-state index contributed by atoms with van der Waals surface area (Å²) in [6, 6.07) is 24.5. The Bertz CT molecular complexity index is 1550. The summed E-state index contributed by atoms with van der Waals surface area (Å²) in [4.78, 5) is 27.4. The molecule has 8 heteroatoms. The predicted molar refractivity (Wildman–Crippen MR) is 149 cm³/mol. The van der Waals surface area contributed by atoms with Gasteiger partial charge in [0.25, 0.3) is 11.1 Å². The molecule has 0 aromatic heterocycles. The number of amides is 2. The monoisotopic (exact) mass is 549 g/mol. The van der Waals surface area contributed by atoms with Crippen LogP contribution in [0.25, 0.3) is 16.8 Å². The van der Waals surface area contributed by atoms with Crippen LogP contribution in [0.2, 0.25) is 10.0 Å². The van der Waals surface area contributed by atoms with Crippen molar-refractivity contribution in [2.24, 2.45) is 0 Å². The van der Waals surface area contributed by atoms with E-state index < -0.39 is 0 Å². The summed E-state index contributed by atoms with van der Waals surface area (Å²) in [6.07, 6.45) is 1.69. The quantitative estimate of drug-likeness (QED) is 0.219. The van der Waals surface area contributed by atoms with E-state index in [2.05, 4.69) is 0 Å². The number of halogens is 2. The van der Waals surface area contributed by atoms with E-state index in [1.807, 2.05) is 42.5 Å². The van der Waals surface area contributed by atoms with Gasteiger partial charge in [0.15, 0.2) is 11.5 Å². The lowest BCUT2D eigenvalue weighted by Crippen LogP contribution is -2.27. The van der Waals surface area contributed by atoms with E-state index in [4.69, 9.17) is 32.7 Å². The van der Waals surface area contributed by atoms with Gasteiger partial charge in [-0.3, -0.25) is 14.5 Å². The summed E-state index contributed by atoms with van der Waals surface area (Å²) < 4.78 is 11.4. The van der Waals surface area contributed by atoms with Crippen molar-refractivity contribution >= 4 is 63.0 Å². The molecule has 0 bridgehead atoms. The second-order valence-corrected chi connectivity index (χ2v) is 10.2.